The fourth-order valence-electron chi connectivity index (χ4n) is 2.48. The molecule has 0 bridgehead atoms. The van der Waals surface area contributed by atoms with E-state index < -0.39 is 0 Å². The largest absolute Gasteiger partial charge is 0.494 e. The van der Waals surface area contributed by atoms with Gasteiger partial charge in [0.25, 0.3) is 0 Å². The van der Waals surface area contributed by atoms with E-state index >= 15 is 0 Å². The van der Waals surface area contributed by atoms with Crippen LogP contribution in [0.1, 0.15) is 19.3 Å². The van der Waals surface area contributed by atoms with Crippen LogP contribution in [0, 0.1) is 0 Å². The van der Waals surface area contributed by atoms with Gasteiger partial charge >= 0.3 is 0 Å². The van der Waals surface area contributed by atoms with Crippen LogP contribution in [0.2, 0.25) is 0 Å². The van der Waals surface area contributed by atoms with Crippen molar-refractivity contribution in [1.29, 1.82) is 0 Å². The Labute approximate surface area is 124 Å². The molecule has 1 saturated heterocycles. The molecule has 6 nitrogen and oxygen atoms in total. The van der Waals surface area contributed by atoms with E-state index in [1.165, 1.54) is 0 Å². The molecular formula is C15H22N2O4. The van der Waals surface area contributed by atoms with Crippen molar-refractivity contribution in [3.8, 4) is 17.2 Å². The van der Waals surface area contributed by atoms with E-state index in [9.17, 15) is 4.79 Å². The van der Waals surface area contributed by atoms with Crippen molar-refractivity contribution in [1.82, 2.24) is 5.32 Å². The minimum atomic E-state index is -0.0417. The van der Waals surface area contributed by atoms with Crippen molar-refractivity contribution >= 4 is 11.6 Å². The summed E-state index contributed by atoms with van der Waals surface area (Å²) in [5, 5.41) is 6.18. The number of hydrogen-bond acceptors (Lipinski definition) is 5. The van der Waals surface area contributed by atoms with Crippen molar-refractivity contribution in [3.63, 3.8) is 0 Å². The molecule has 0 radical (unpaired) electrons. The topological polar surface area (TPSA) is 68.8 Å². The van der Waals surface area contributed by atoms with E-state index in [-0.39, 0.29) is 11.9 Å². The smallest absolute Gasteiger partial charge is 0.226 e. The first-order valence-electron chi connectivity index (χ1n) is 7.01. The number of benzene rings is 1. The Hall–Kier alpha value is -1.95. The zero-order valence-corrected chi connectivity index (χ0v) is 12.7. The quantitative estimate of drug-likeness (QED) is 0.837. The molecule has 0 aliphatic carbocycles. The summed E-state index contributed by atoms with van der Waals surface area (Å²) in [5.41, 5.74) is 0.582. The summed E-state index contributed by atoms with van der Waals surface area (Å²) in [6.45, 7) is 0.984. The number of methoxy groups -OCH3 is 3. The average molecular weight is 294 g/mol. The number of carbonyl (C=O) groups excluding carboxylic acids is 1. The molecule has 2 N–H and O–H groups in total. The first-order valence-corrected chi connectivity index (χ1v) is 7.01. The minimum Gasteiger partial charge on any atom is -0.494 e. The van der Waals surface area contributed by atoms with Gasteiger partial charge in [-0.2, -0.15) is 0 Å². The SMILES string of the molecule is COc1cc(OC)c(OC)cc1NC(=O)CC1CCCN1. The third-order valence-corrected chi connectivity index (χ3v) is 3.57. The Kier molecular flexibility index (Phi) is 5.27. The fourth-order valence-corrected chi connectivity index (χ4v) is 2.48. The molecule has 6 heteroatoms. The lowest BCUT2D eigenvalue weighted by Gasteiger charge is -2.16. The maximum absolute atomic E-state index is 12.1. The molecular weight excluding hydrogens is 272 g/mol. The number of carbonyl (C=O) groups is 1. The molecule has 0 aromatic heterocycles. The maximum Gasteiger partial charge on any atom is 0.226 e. The molecule has 1 unspecified atom stereocenters. The van der Waals surface area contributed by atoms with Gasteiger partial charge in [-0.25, -0.2) is 0 Å². The summed E-state index contributed by atoms with van der Waals surface area (Å²) in [4.78, 5) is 12.1. The Morgan fingerprint density at radius 2 is 1.86 bits per heavy atom. The van der Waals surface area contributed by atoms with Crippen LogP contribution in [-0.4, -0.2) is 39.8 Å². The number of hydrogen-bond donors (Lipinski definition) is 2. The zero-order valence-electron chi connectivity index (χ0n) is 12.7. The van der Waals surface area contributed by atoms with Crippen LogP contribution in [0.5, 0.6) is 17.2 Å². The highest BCUT2D eigenvalue weighted by Gasteiger charge is 2.19. The van der Waals surface area contributed by atoms with Gasteiger partial charge in [-0.3, -0.25) is 4.79 Å². The average Bonchev–Trinajstić information content (AvgIpc) is 2.99. The standard InChI is InChI=1S/C15H22N2O4/c1-19-12-9-14(21-3)13(20-2)8-11(12)17-15(18)7-10-5-4-6-16-10/h8-10,16H,4-7H2,1-3H3,(H,17,18). The second-order valence-electron chi connectivity index (χ2n) is 4.95. The van der Waals surface area contributed by atoms with Gasteiger partial charge in [0.2, 0.25) is 5.91 Å². The van der Waals surface area contributed by atoms with Gasteiger partial charge in [-0.05, 0) is 19.4 Å². The van der Waals surface area contributed by atoms with Crippen LogP contribution in [0.25, 0.3) is 0 Å². The normalized spacial score (nSPS) is 17.4. The van der Waals surface area contributed by atoms with E-state index in [1.54, 1.807) is 33.5 Å². The summed E-state index contributed by atoms with van der Waals surface area (Å²) < 4.78 is 15.8. The molecule has 1 aliphatic heterocycles. The summed E-state index contributed by atoms with van der Waals surface area (Å²) in [6, 6.07) is 3.66. The molecule has 21 heavy (non-hydrogen) atoms. The second kappa shape index (κ2) is 7.17. The fraction of sp³-hybridized carbons (Fsp3) is 0.533. The van der Waals surface area contributed by atoms with Crippen LogP contribution in [-0.2, 0) is 4.79 Å². The lowest BCUT2D eigenvalue weighted by molar-refractivity contribution is -0.116. The highest BCUT2D eigenvalue weighted by molar-refractivity contribution is 5.93. The lowest BCUT2D eigenvalue weighted by atomic mass is 10.1. The molecule has 0 spiro atoms. The third-order valence-electron chi connectivity index (χ3n) is 3.57. The minimum absolute atomic E-state index is 0.0417. The third kappa shape index (κ3) is 3.78. The van der Waals surface area contributed by atoms with Crippen molar-refractivity contribution in [3.05, 3.63) is 12.1 Å². The molecule has 1 atom stereocenters. The molecule has 1 heterocycles. The molecule has 1 aromatic rings. The number of ether oxygens (including phenoxy) is 3. The van der Waals surface area contributed by atoms with Gasteiger partial charge in [-0.1, -0.05) is 0 Å². The van der Waals surface area contributed by atoms with Crippen LogP contribution >= 0.6 is 0 Å². The van der Waals surface area contributed by atoms with Gasteiger partial charge in [0.05, 0.1) is 27.0 Å². The summed E-state index contributed by atoms with van der Waals surface area (Å²) in [5.74, 6) is 1.61. The van der Waals surface area contributed by atoms with Crippen molar-refractivity contribution in [2.24, 2.45) is 0 Å². The van der Waals surface area contributed by atoms with Crippen LogP contribution < -0.4 is 24.8 Å². The monoisotopic (exact) mass is 294 g/mol. The van der Waals surface area contributed by atoms with Gasteiger partial charge < -0.3 is 24.8 Å². The number of anilines is 1. The molecule has 1 aliphatic rings. The summed E-state index contributed by atoms with van der Waals surface area (Å²) in [6.07, 6.45) is 2.62. The molecule has 1 amide bonds. The molecule has 1 aromatic carbocycles. The Bertz CT molecular complexity index is 499. The van der Waals surface area contributed by atoms with Crippen molar-refractivity contribution < 1.29 is 19.0 Å². The van der Waals surface area contributed by atoms with Gasteiger partial charge in [0, 0.05) is 24.6 Å². The van der Waals surface area contributed by atoms with E-state index in [0.717, 1.165) is 19.4 Å². The van der Waals surface area contributed by atoms with Crippen molar-refractivity contribution in [2.45, 2.75) is 25.3 Å². The first-order chi connectivity index (χ1) is 10.2. The van der Waals surface area contributed by atoms with E-state index in [0.29, 0.717) is 29.4 Å². The molecule has 0 saturated carbocycles. The highest BCUT2D eigenvalue weighted by atomic mass is 16.5. The van der Waals surface area contributed by atoms with E-state index in [1.807, 2.05) is 0 Å². The lowest BCUT2D eigenvalue weighted by Crippen LogP contribution is -2.27. The molecule has 1 fully saturated rings. The van der Waals surface area contributed by atoms with Gasteiger partial charge in [-0.15, -0.1) is 0 Å². The Morgan fingerprint density at radius 1 is 1.19 bits per heavy atom. The zero-order chi connectivity index (χ0) is 15.2. The highest BCUT2D eigenvalue weighted by Crippen LogP contribution is 2.37. The predicted molar refractivity (Wildman–Crippen MR) is 80.4 cm³/mol. The van der Waals surface area contributed by atoms with E-state index in [4.69, 9.17) is 14.2 Å². The number of rotatable bonds is 6. The van der Waals surface area contributed by atoms with Crippen molar-refractivity contribution in [2.75, 3.05) is 33.2 Å². The Balaban J connectivity index is 2.11. The Morgan fingerprint density at radius 3 is 2.43 bits per heavy atom. The van der Waals surface area contributed by atoms with Crippen LogP contribution in [0.4, 0.5) is 5.69 Å². The van der Waals surface area contributed by atoms with Gasteiger partial charge in [0.15, 0.2) is 11.5 Å². The molecule has 2 rings (SSSR count). The van der Waals surface area contributed by atoms with Gasteiger partial charge in [0.1, 0.15) is 5.75 Å². The van der Waals surface area contributed by atoms with E-state index in [2.05, 4.69) is 10.6 Å². The second-order valence-corrected chi connectivity index (χ2v) is 4.95. The predicted octanol–water partition coefficient (Wildman–Crippen LogP) is 1.79. The molecule has 116 valence electrons. The number of nitrogens with one attached hydrogen (secondary N) is 2. The number of amides is 1. The van der Waals surface area contributed by atoms with Crippen LogP contribution in [0.15, 0.2) is 12.1 Å². The maximum atomic E-state index is 12.1. The summed E-state index contributed by atoms with van der Waals surface area (Å²) in [7, 11) is 4.66. The first kappa shape index (κ1) is 15.4. The van der Waals surface area contributed by atoms with Crippen LogP contribution in [0.3, 0.4) is 0 Å². The summed E-state index contributed by atoms with van der Waals surface area (Å²) >= 11 is 0.